The lowest BCUT2D eigenvalue weighted by Gasteiger charge is -2.07. The number of carbonyl (C=O) groups excluding carboxylic acids is 1. The maximum absolute atomic E-state index is 13.3. The van der Waals surface area contributed by atoms with Crippen LogP contribution in [-0.2, 0) is 17.8 Å². The van der Waals surface area contributed by atoms with Gasteiger partial charge in [-0.3, -0.25) is 4.79 Å². The summed E-state index contributed by atoms with van der Waals surface area (Å²) in [7, 11) is 1.57. The molecule has 3 aromatic rings. The van der Waals surface area contributed by atoms with Crippen molar-refractivity contribution in [2.75, 3.05) is 7.05 Å². The van der Waals surface area contributed by atoms with Crippen molar-refractivity contribution in [1.29, 1.82) is 0 Å². The average molecular weight is 340 g/mol. The Morgan fingerprint density at radius 2 is 2.28 bits per heavy atom. The number of hydrogen-bond acceptors (Lipinski definition) is 4. The number of carbonyl (C=O) groups is 1. The summed E-state index contributed by atoms with van der Waals surface area (Å²) in [6, 6.07) is 6.22. The largest absolute Gasteiger partial charge is 0.472 e. The summed E-state index contributed by atoms with van der Waals surface area (Å²) in [6.45, 7) is 0.197. The van der Waals surface area contributed by atoms with Crippen LogP contribution in [0.2, 0.25) is 0 Å². The van der Waals surface area contributed by atoms with Crippen molar-refractivity contribution in [2.45, 2.75) is 13.0 Å². The summed E-state index contributed by atoms with van der Waals surface area (Å²) >= 11 is 0. The first-order valence-electron chi connectivity index (χ1n) is 7.74. The fourth-order valence-corrected chi connectivity index (χ4v) is 2.42. The number of likely N-dealkylation sites (N-methyl/N-ethyl adjacent to an activating group) is 1. The lowest BCUT2D eigenvalue weighted by molar-refractivity contribution is -0.116. The second-order valence-electron chi connectivity index (χ2n) is 5.36. The Morgan fingerprint density at radius 1 is 1.40 bits per heavy atom. The Bertz CT molecular complexity index is 920. The number of fused-ring (bicyclic) bond motifs is 1. The fraction of sp³-hybridized carbons (Fsp3) is 0.167. The second-order valence-corrected chi connectivity index (χ2v) is 5.36. The quantitative estimate of drug-likeness (QED) is 0.676. The van der Waals surface area contributed by atoms with Crippen molar-refractivity contribution in [3.8, 4) is 5.88 Å². The molecule has 0 spiro atoms. The second kappa shape index (κ2) is 7.57. The standard InChI is InChI=1S/C18H17FN4O2/c1-20-15(24)7-3-5-13-9-21-17-16(13)18(23-11-22-17)25-10-12-4-2-6-14(19)8-12/h2-4,6-9,11H,5,10H2,1H3,(H,20,24)(H,21,22,23)/b7-3+. The van der Waals surface area contributed by atoms with Crippen LogP contribution < -0.4 is 10.1 Å². The van der Waals surface area contributed by atoms with E-state index in [9.17, 15) is 9.18 Å². The van der Waals surface area contributed by atoms with Crippen molar-refractivity contribution < 1.29 is 13.9 Å². The molecule has 1 aromatic carbocycles. The number of hydrogen-bond donors (Lipinski definition) is 2. The summed E-state index contributed by atoms with van der Waals surface area (Å²) in [5.41, 5.74) is 2.26. The minimum Gasteiger partial charge on any atom is -0.472 e. The van der Waals surface area contributed by atoms with Crippen molar-refractivity contribution >= 4 is 16.9 Å². The third-order valence-corrected chi connectivity index (χ3v) is 3.63. The van der Waals surface area contributed by atoms with Crippen LogP contribution in [0.25, 0.3) is 11.0 Å². The molecule has 0 saturated carbocycles. The SMILES string of the molecule is CNC(=O)/C=C/Cc1c[nH]c2ncnc(OCc3cccc(F)c3)c12. The van der Waals surface area contributed by atoms with E-state index in [0.29, 0.717) is 23.5 Å². The predicted molar refractivity (Wildman–Crippen MR) is 91.5 cm³/mol. The molecule has 6 nitrogen and oxygen atoms in total. The molecular weight excluding hydrogens is 323 g/mol. The summed E-state index contributed by atoms with van der Waals surface area (Å²) in [6.07, 6.45) is 6.96. The fourth-order valence-electron chi connectivity index (χ4n) is 2.42. The van der Waals surface area contributed by atoms with E-state index in [1.807, 2.05) is 6.20 Å². The van der Waals surface area contributed by atoms with Crippen molar-refractivity contribution in [1.82, 2.24) is 20.3 Å². The molecule has 0 atom stereocenters. The third kappa shape index (κ3) is 4.00. The van der Waals surface area contributed by atoms with Crippen LogP contribution >= 0.6 is 0 Å². The highest BCUT2D eigenvalue weighted by Gasteiger charge is 2.12. The lowest BCUT2D eigenvalue weighted by Crippen LogP contribution is -2.14. The van der Waals surface area contributed by atoms with E-state index < -0.39 is 0 Å². The van der Waals surface area contributed by atoms with Gasteiger partial charge in [0.1, 0.15) is 24.4 Å². The zero-order valence-corrected chi connectivity index (χ0v) is 13.6. The molecule has 0 saturated heterocycles. The zero-order valence-electron chi connectivity index (χ0n) is 13.6. The molecule has 2 heterocycles. The van der Waals surface area contributed by atoms with Gasteiger partial charge in [-0.25, -0.2) is 14.4 Å². The van der Waals surface area contributed by atoms with E-state index in [4.69, 9.17) is 4.74 Å². The first kappa shape index (κ1) is 16.6. The average Bonchev–Trinajstić information content (AvgIpc) is 3.04. The molecular formula is C18H17FN4O2. The first-order chi connectivity index (χ1) is 12.2. The van der Waals surface area contributed by atoms with Crippen LogP contribution in [0.15, 0.2) is 48.9 Å². The van der Waals surface area contributed by atoms with Crippen molar-refractivity contribution in [3.05, 3.63) is 65.9 Å². The normalized spacial score (nSPS) is 11.1. The van der Waals surface area contributed by atoms with Gasteiger partial charge in [0.15, 0.2) is 0 Å². The highest BCUT2D eigenvalue weighted by atomic mass is 19.1. The monoisotopic (exact) mass is 340 g/mol. The molecule has 0 radical (unpaired) electrons. The summed E-state index contributed by atoms with van der Waals surface area (Å²) in [5.74, 6) is -0.0619. The van der Waals surface area contributed by atoms with Gasteiger partial charge in [-0.15, -0.1) is 0 Å². The molecule has 2 aromatic heterocycles. The van der Waals surface area contributed by atoms with Gasteiger partial charge in [0.2, 0.25) is 11.8 Å². The molecule has 3 rings (SSSR count). The molecule has 2 N–H and O–H groups in total. The van der Waals surface area contributed by atoms with E-state index in [1.165, 1.54) is 24.5 Å². The van der Waals surface area contributed by atoms with E-state index >= 15 is 0 Å². The molecule has 128 valence electrons. The van der Waals surface area contributed by atoms with Gasteiger partial charge in [-0.1, -0.05) is 18.2 Å². The Kier molecular flexibility index (Phi) is 5.03. The topological polar surface area (TPSA) is 79.9 Å². The molecule has 0 fully saturated rings. The van der Waals surface area contributed by atoms with Crippen LogP contribution in [-0.4, -0.2) is 27.9 Å². The number of allylic oxidation sites excluding steroid dienone is 1. The van der Waals surface area contributed by atoms with Crippen LogP contribution in [0, 0.1) is 5.82 Å². The summed E-state index contributed by atoms with van der Waals surface area (Å²) < 4.78 is 19.0. The molecule has 25 heavy (non-hydrogen) atoms. The number of nitrogens with one attached hydrogen (secondary N) is 2. The van der Waals surface area contributed by atoms with Crippen LogP contribution in [0.5, 0.6) is 5.88 Å². The number of aromatic amines is 1. The predicted octanol–water partition coefficient (Wildman–Crippen LogP) is 2.52. The smallest absolute Gasteiger partial charge is 0.243 e. The highest BCUT2D eigenvalue weighted by Crippen LogP contribution is 2.26. The number of halogens is 1. The van der Waals surface area contributed by atoms with Crippen molar-refractivity contribution in [3.63, 3.8) is 0 Å². The number of amides is 1. The number of H-pyrrole nitrogens is 1. The molecule has 7 heteroatoms. The number of ether oxygens (including phenoxy) is 1. The van der Waals surface area contributed by atoms with Gasteiger partial charge in [0.05, 0.1) is 5.39 Å². The lowest BCUT2D eigenvalue weighted by atomic mass is 10.1. The van der Waals surface area contributed by atoms with E-state index in [-0.39, 0.29) is 18.3 Å². The molecule has 0 aliphatic heterocycles. The Morgan fingerprint density at radius 3 is 3.08 bits per heavy atom. The molecule has 0 aliphatic rings. The van der Waals surface area contributed by atoms with Gasteiger partial charge in [0.25, 0.3) is 0 Å². The number of rotatable bonds is 6. The van der Waals surface area contributed by atoms with Gasteiger partial charge in [0, 0.05) is 13.2 Å². The maximum Gasteiger partial charge on any atom is 0.243 e. The van der Waals surface area contributed by atoms with Crippen LogP contribution in [0.1, 0.15) is 11.1 Å². The third-order valence-electron chi connectivity index (χ3n) is 3.63. The molecule has 0 aliphatic carbocycles. The zero-order chi connectivity index (χ0) is 17.6. The maximum atomic E-state index is 13.3. The van der Waals surface area contributed by atoms with Gasteiger partial charge in [-0.2, -0.15) is 0 Å². The molecule has 0 bridgehead atoms. The minimum absolute atomic E-state index is 0.168. The number of aromatic nitrogens is 3. The summed E-state index contributed by atoms with van der Waals surface area (Å²) in [5, 5.41) is 3.27. The van der Waals surface area contributed by atoms with Crippen LogP contribution in [0.4, 0.5) is 4.39 Å². The van der Waals surface area contributed by atoms with Crippen molar-refractivity contribution in [2.24, 2.45) is 0 Å². The van der Waals surface area contributed by atoms with Crippen LogP contribution in [0.3, 0.4) is 0 Å². The van der Waals surface area contributed by atoms with E-state index in [1.54, 1.807) is 25.3 Å². The number of nitrogens with zero attached hydrogens (tertiary/aromatic N) is 2. The first-order valence-corrected chi connectivity index (χ1v) is 7.74. The minimum atomic E-state index is -0.310. The Balaban J connectivity index is 1.81. The summed E-state index contributed by atoms with van der Waals surface area (Å²) in [4.78, 5) is 22.7. The van der Waals surface area contributed by atoms with Gasteiger partial charge in [-0.05, 0) is 35.8 Å². The van der Waals surface area contributed by atoms with Gasteiger partial charge < -0.3 is 15.0 Å². The number of benzene rings is 1. The van der Waals surface area contributed by atoms with E-state index in [2.05, 4.69) is 20.3 Å². The van der Waals surface area contributed by atoms with Gasteiger partial charge >= 0.3 is 0 Å². The highest BCUT2D eigenvalue weighted by molar-refractivity contribution is 5.88. The molecule has 0 unspecified atom stereocenters. The Hall–Kier alpha value is -3.22. The Labute approximate surface area is 143 Å². The van der Waals surface area contributed by atoms with E-state index in [0.717, 1.165) is 10.9 Å². The molecule has 1 amide bonds.